The van der Waals surface area contributed by atoms with Crippen LogP contribution in [0.5, 0.6) is 5.75 Å². The van der Waals surface area contributed by atoms with Crippen molar-refractivity contribution in [3.8, 4) is 5.75 Å². The van der Waals surface area contributed by atoms with Crippen LogP contribution in [-0.4, -0.2) is 57.6 Å². The van der Waals surface area contributed by atoms with Gasteiger partial charge in [-0.2, -0.15) is 0 Å². The summed E-state index contributed by atoms with van der Waals surface area (Å²) in [6.45, 7) is 3.79. The van der Waals surface area contributed by atoms with Gasteiger partial charge in [0.25, 0.3) is 0 Å². The van der Waals surface area contributed by atoms with Gasteiger partial charge in [-0.15, -0.1) is 0 Å². The van der Waals surface area contributed by atoms with E-state index in [0.29, 0.717) is 34.3 Å². The van der Waals surface area contributed by atoms with Gasteiger partial charge in [0, 0.05) is 29.2 Å². The van der Waals surface area contributed by atoms with Crippen LogP contribution in [0.25, 0.3) is 0 Å². The van der Waals surface area contributed by atoms with E-state index in [4.69, 9.17) is 27.9 Å². The van der Waals surface area contributed by atoms with Crippen molar-refractivity contribution in [2.45, 2.75) is 45.7 Å². The van der Waals surface area contributed by atoms with Gasteiger partial charge in [-0.25, -0.2) is 8.42 Å². The van der Waals surface area contributed by atoms with Crippen LogP contribution in [0, 0.1) is 0 Å². The van der Waals surface area contributed by atoms with Crippen molar-refractivity contribution in [2.75, 3.05) is 30.8 Å². The molecule has 0 aliphatic heterocycles. The number of sulfonamides is 1. The van der Waals surface area contributed by atoms with E-state index in [1.807, 2.05) is 6.92 Å². The Morgan fingerprint density at radius 1 is 1.11 bits per heavy atom. The van der Waals surface area contributed by atoms with Crippen molar-refractivity contribution in [3.05, 3.63) is 58.1 Å². The first-order valence-corrected chi connectivity index (χ1v) is 14.2. The Bertz CT molecular complexity index is 1160. The zero-order valence-corrected chi connectivity index (χ0v) is 23.3. The van der Waals surface area contributed by atoms with Crippen molar-refractivity contribution < 1.29 is 22.7 Å². The number of carbonyl (C=O) groups excluding carboxylic acids is 2. The van der Waals surface area contributed by atoms with E-state index in [1.54, 1.807) is 43.3 Å². The van der Waals surface area contributed by atoms with Gasteiger partial charge in [0.05, 0.1) is 19.1 Å². The molecule has 8 nitrogen and oxygen atoms in total. The highest BCUT2D eigenvalue weighted by molar-refractivity contribution is 7.92. The highest BCUT2D eigenvalue weighted by Gasteiger charge is 2.32. The lowest BCUT2D eigenvalue weighted by Gasteiger charge is -2.33. The van der Waals surface area contributed by atoms with E-state index in [0.717, 1.165) is 23.4 Å². The smallest absolute Gasteiger partial charge is 0.244 e. The SMILES string of the molecule is CCCCNC(=O)C(CC)N(Cc1ccc(Cl)cc1Cl)C(=O)CN(c1cccc(OC)c1)S(C)(=O)=O. The molecule has 0 fully saturated rings. The van der Waals surface area contributed by atoms with Gasteiger partial charge < -0.3 is 15.0 Å². The first kappa shape index (κ1) is 29.7. The predicted molar refractivity (Wildman–Crippen MR) is 144 cm³/mol. The maximum absolute atomic E-state index is 13.7. The van der Waals surface area contributed by atoms with E-state index in [9.17, 15) is 18.0 Å². The molecule has 198 valence electrons. The molecule has 2 aromatic rings. The van der Waals surface area contributed by atoms with Crippen molar-refractivity contribution in [2.24, 2.45) is 0 Å². The van der Waals surface area contributed by atoms with E-state index in [2.05, 4.69) is 5.32 Å². The summed E-state index contributed by atoms with van der Waals surface area (Å²) in [6, 6.07) is 10.5. The Morgan fingerprint density at radius 3 is 2.42 bits per heavy atom. The second-order valence-corrected chi connectivity index (χ2v) is 11.0. The molecule has 0 saturated carbocycles. The number of carbonyl (C=O) groups is 2. The Labute approximate surface area is 223 Å². The fourth-order valence-corrected chi connectivity index (χ4v) is 4.95. The summed E-state index contributed by atoms with van der Waals surface area (Å²) in [4.78, 5) is 28.1. The molecule has 2 rings (SSSR count). The second kappa shape index (κ2) is 13.7. The summed E-state index contributed by atoms with van der Waals surface area (Å²) < 4.78 is 31.6. The minimum Gasteiger partial charge on any atom is -0.497 e. The number of hydrogen-bond acceptors (Lipinski definition) is 5. The normalized spacial score (nSPS) is 12.1. The van der Waals surface area contributed by atoms with Gasteiger partial charge in [0.1, 0.15) is 18.3 Å². The Hall–Kier alpha value is -2.49. The molecule has 2 aromatic carbocycles. The van der Waals surface area contributed by atoms with E-state index in [-0.39, 0.29) is 18.1 Å². The molecule has 1 atom stereocenters. The molecule has 0 heterocycles. The largest absolute Gasteiger partial charge is 0.497 e. The predicted octanol–water partition coefficient (Wildman–Crippen LogP) is 4.49. The number of nitrogens with zero attached hydrogens (tertiary/aromatic N) is 2. The van der Waals surface area contributed by atoms with E-state index < -0.39 is 28.5 Å². The van der Waals surface area contributed by atoms with Crippen molar-refractivity contribution >= 4 is 50.7 Å². The third-order valence-electron chi connectivity index (χ3n) is 5.59. The molecule has 11 heteroatoms. The average Bonchev–Trinajstić information content (AvgIpc) is 2.83. The van der Waals surface area contributed by atoms with Gasteiger partial charge in [-0.05, 0) is 42.7 Å². The van der Waals surface area contributed by atoms with Crippen LogP contribution in [0.4, 0.5) is 5.69 Å². The molecular weight excluding hydrogens is 525 g/mol. The number of rotatable bonds is 13. The summed E-state index contributed by atoms with van der Waals surface area (Å²) in [5.74, 6) is -0.413. The molecular formula is C25H33Cl2N3O5S. The van der Waals surface area contributed by atoms with Crippen LogP contribution in [0.3, 0.4) is 0 Å². The van der Waals surface area contributed by atoms with Crippen LogP contribution in [0.15, 0.2) is 42.5 Å². The number of anilines is 1. The maximum atomic E-state index is 13.7. The molecule has 0 aliphatic carbocycles. The van der Waals surface area contributed by atoms with Crippen LogP contribution >= 0.6 is 23.2 Å². The fourth-order valence-electron chi connectivity index (χ4n) is 3.64. The standard InChI is InChI=1S/C25H33Cl2N3O5S/c1-5-7-13-28-25(32)23(6-2)29(16-18-11-12-19(26)14-22(18)27)24(31)17-30(36(4,33)34)20-9-8-10-21(15-20)35-3/h8-12,14-15,23H,5-7,13,16-17H2,1-4H3,(H,28,32). The molecule has 1 unspecified atom stereocenters. The van der Waals surface area contributed by atoms with Gasteiger partial charge in [0.2, 0.25) is 21.8 Å². The minimum atomic E-state index is -3.84. The highest BCUT2D eigenvalue weighted by atomic mass is 35.5. The summed E-state index contributed by atoms with van der Waals surface area (Å²) >= 11 is 12.4. The molecule has 2 amide bonds. The monoisotopic (exact) mass is 557 g/mol. The number of ether oxygens (including phenoxy) is 1. The summed E-state index contributed by atoms with van der Waals surface area (Å²) in [7, 11) is -2.37. The molecule has 0 aromatic heterocycles. The zero-order chi connectivity index (χ0) is 26.9. The van der Waals surface area contributed by atoms with Gasteiger partial charge >= 0.3 is 0 Å². The van der Waals surface area contributed by atoms with Crippen LogP contribution < -0.4 is 14.4 Å². The molecule has 1 N–H and O–H groups in total. The topological polar surface area (TPSA) is 96.0 Å². The molecule has 0 saturated heterocycles. The third-order valence-corrected chi connectivity index (χ3v) is 7.32. The molecule has 0 spiro atoms. The summed E-state index contributed by atoms with van der Waals surface area (Å²) in [5, 5.41) is 3.65. The van der Waals surface area contributed by atoms with Gasteiger partial charge in [-0.1, -0.05) is 55.6 Å². The molecule has 0 bridgehead atoms. The Kier molecular flexibility index (Phi) is 11.3. The summed E-state index contributed by atoms with van der Waals surface area (Å²) in [5.41, 5.74) is 0.858. The van der Waals surface area contributed by atoms with Gasteiger partial charge in [0.15, 0.2) is 0 Å². The Balaban J connectivity index is 2.45. The number of hydrogen-bond donors (Lipinski definition) is 1. The second-order valence-electron chi connectivity index (χ2n) is 8.30. The van der Waals surface area contributed by atoms with E-state index in [1.165, 1.54) is 18.1 Å². The quantitative estimate of drug-likeness (QED) is 0.366. The first-order chi connectivity index (χ1) is 17.0. The summed E-state index contributed by atoms with van der Waals surface area (Å²) in [6.07, 6.45) is 3.06. The number of amides is 2. The lowest BCUT2D eigenvalue weighted by Crippen LogP contribution is -2.52. The van der Waals surface area contributed by atoms with Crippen LogP contribution in [0.2, 0.25) is 10.0 Å². The van der Waals surface area contributed by atoms with Crippen molar-refractivity contribution in [1.82, 2.24) is 10.2 Å². The lowest BCUT2D eigenvalue weighted by molar-refractivity contribution is -0.140. The number of halogens is 2. The number of unbranched alkanes of at least 4 members (excludes halogenated alkanes) is 1. The van der Waals surface area contributed by atoms with Crippen LogP contribution in [0.1, 0.15) is 38.7 Å². The van der Waals surface area contributed by atoms with Crippen molar-refractivity contribution in [1.29, 1.82) is 0 Å². The third kappa shape index (κ3) is 8.28. The molecule has 0 radical (unpaired) electrons. The number of benzene rings is 2. The minimum absolute atomic E-state index is 0.00422. The van der Waals surface area contributed by atoms with Crippen molar-refractivity contribution in [3.63, 3.8) is 0 Å². The van der Waals surface area contributed by atoms with E-state index >= 15 is 0 Å². The number of methoxy groups -OCH3 is 1. The number of nitrogens with one attached hydrogen (secondary N) is 1. The first-order valence-electron chi connectivity index (χ1n) is 11.6. The fraction of sp³-hybridized carbons (Fsp3) is 0.440. The molecule has 36 heavy (non-hydrogen) atoms. The van der Waals surface area contributed by atoms with Gasteiger partial charge in [-0.3, -0.25) is 13.9 Å². The molecule has 0 aliphatic rings. The lowest BCUT2D eigenvalue weighted by atomic mass is 10.1. The maximum Gasteiger partial charge on any atom is 0.244 e. The zero-order valence-electron chi connectivity index (χ0n) is 21.0. The Morgan fingerprint density at radius 2 is 1.83 bits per heavy atom. The average molecular weight is 559 g/mol. The highest BCUT2D eigenvalue weighted by Crippen LogP contribution is 2.26. The van der Waals surface area contributed by atoms with Crippen LogP contribution in [-0.2, 0) is 26.2 Å².